The van der Waals surface area contributed by atoms with Gasteiger partial charge < -0.3 is 4.74 Å². The van der Waals surface area contributed by atoms with Crippen LogP contribution in [-0.2, 0) is 9.59 Å². The van der Waals surface area contributed by atoms with E-state index in [1.165, 1.54) is 4.90 Å². The van der Waals surface area contributed by atoms with E-state index in [4.69, 9.17) is 4.74 Å². The highest BCUT2D eigenvalue weighted by atomic mass is 16.5. The number of hydrogen-bond donors (Lipinski definition) is 0. The number of amides is 2. The minimum Gasteiger partial charge on any atom is -0.423 e. The molecule has 2 aromatic rings. The van der Waals surface area contributed by atoms with E-state index in [0.29, 0.717) is 23.4 Å². The number of aryl methyl sites for hydroxylation is 1. The first kappa shape index (κ1) is 19.4. The topological polar surface area (TPSA) is 63.7 Å². The van der Waals surface area contributed by atoms with E-state index in [1.54, 1.807) is 36.4 Å². The Labute approximate surface area is 170 Å². The number of carbonyl (C=O) groups excluding carboxylic acids is 3. The molecule has 1 saturated carbocycles. The van der Waals surface area contributed by atoms with Crippen LogP contribution in [0.15, 0.2) is 48.5 Å². The first-order chi connectivity index (χ1) is 13.6. The number of rotatable bonds is 3. The van der Waals surface area contributed by atoms with Gasteiger partial charge in [0.05, 0.1) is 16.7 Å². The minimum absolute atomic E-state index is 0.148. The molecule has 2 amide bonds. The Bertz CT molecular complexity index is 1010. The Morgan fingerprint density at radius 2 is 1.76 bits per heavy atom. The molecule has 1 heterocycles. The van der Waals surface area contributed by atoms with E-state index in [9.17, 15) is 14.4 Å². The van der Waals surface area contributed by atoms with Gasteiger partial charge in [0, 0.05) is 5.92 Å². The molecule has 0 N–H and O–H groups in total. The fourth-order valence-corrected chi connectivity index (χ4v) is 4.65. The first-order valence-electron chi connectivity index (χ1n) is 9.92. The molecule has 0 aromatic heterocycles. The molecule has 5 nitrogen and oxygen atoms in total. The van der Waals surface area contributed by atoms with Crippen LogP contribution in [0.1, 0.15) is 49.5 Å². The van der Waals surface area contributed by atoms with Gasteiger partial charge in [0.1, 0.15) is 5.75 Å². The molecule has 2 bridgehead atoms. The lowest BCUT2D eigenvalue weighted by atomic mass is 9.62. The van der Waals surface area contributed by atoms with Crippen LogP contribution in [0.4, 0.5) is 5.69 Å². The SMILES string of the molecule is Cc1cccc(OC(=O)c2ccc(N3C(=O)[C@H]4CC[C@@](C)(C3=O)C4(C)C)cc2)c1. The van der Waals surface area contributed by atoms with Gasteiger partial charge in [-0.15, -0.1) is 0 Å². The fraction of sp³-hybridized carbons (Fsp3) is 0.375. The van der Waals surface area contributed by atoms with Gasteiger partial charge in [0.15, 0.2) is 0 Å². The Morgan fingerprint density at radius 3 is 2.41 bits per heavy atom. The number of anilines is 1. The predicted molar refractivity (Wildman–Crippen MR) is 110 cm³/mol. The van der Waals surface area contributed by atoms with Gasteiger partial charge >= 0.3 is 5.97 Å². The normalized spacial score (nSPS) is 25.2. The number of imide groups is 1. The van der Waals surface area contributed by atoms with Crippen LogP contribution in [0.3, 0.4) is 0 Å². The third-order valence-electron chi connectivity index (χ3n) is 6.98. The predicted octanol–water partition coefficient (Wildman–Crippen LogP) is 4.53. The summed E-state index contributed by atoms with van der Waals surface area (Å²) in [7, 11) is 0. The number of esters is 1. The maximum Gasteiger partial charge on any atom is 0.343 e. The number of carbonyl (C=O) groups is 3. The summed E-state index contributed by atoms with van der Waals surface area (Å²) in [5, 5.41) is 0. The van der Waals surface area contributed by atoms with Gasteiger partial charge in [0.25, 0.3) is 0 Å². The second-order valence-electron chi connectivity index (χ2n) is 8.88. The summed E-state index contributed by atoms with van der Waals surface area (Å²) in [5.41, 5.74) is 0.949. The average Bonchev–Trinajstić information content (AvgIpc) is 2.85. The van der Waals surface area contributed by atoms with Crippen LogP contribution in [0.25, 0.3) is 0 Å². The minimum atomic E-state index is -0.561. The van der Waals surface area contributed by atoms with E-state index in [1.807, 2.05) is 39.8 Å². The molecule has 2 atom stereocenters. The molecule has 2 fully saturated rings. The smallest absolute Gasteiger partial charge is 0.343 e. The van der Waals surface area contributed by atoms with Crippen LogP contribution in [-0.4, -0.2) is 17.8 Å². The molecular formula is C24H25NO4. The van der Waals surface area contributed by atoms with Crippen LogP contribution >= 0.6 is 0 Å². The molecule has 5 heteroatoms. The van der Waals surface area contributed by atoms with Crippen LogP contribution in [0.5, 0.6) is 5.75 Å². The van der Waals surface area contributed by atoms with Crippen molar-refractivity contribution in [3.8, 4) is 5.75 Å². The summed E-state index contributed by atoms with van der Waals surface area (Å²) in [6.45, 7) is 7.92. The summed E-state index contributed by atoms with van der Waals surface area (Å²) >= 11 is 0. The van der Waals surface area contributed by atoms with E-state index in [0.717, 1.165) is 12.0 Å². The monoisotopic (exact) mass is 391 g/mol. The summed E-state index contributed by atoms with van der Waals surface area (Å²) in [6.07, 6.45) is 1.44. The van der Waals surface area contributed by atoms with Gasteiger partial charge in [-0.3, -0.25) is 9.59 Å². The van der Waals surface area contributed by atoms with Crippen molar-refractivity contribution in [3.05, 3.63) is 59.7 Å². The summed E-state index contributed by atoms with van der Waals surface area (Å²) in [4.78, 5) is 40.0. The Kier molecular flexibility index (Phi) is 4.37. The van der Waals surface area contributed by atoms with Crippen molar-refractivity contribution in [1.82, 2.24) is 0 Å². The van der Waals surface area contributed by atoms with Crippen molar-refractivity contribution < 1.29 is 19.1 Å². The molecule has 1 saturated heterocycles. The fourth-order valence-electron chi connectivity index (χ4n) is 4.65. The Hall–Kier alpha value is -2.95. The zero-order valence-electron chi connectivity index (χ0n) is 17.2. The number of hydrogen-bond acceptors (Lipinski definition) is 4. The standard InChI is InChI=1S/C24H25NO4/c1-15-6-5-7-18(14-15)29-21(27)16-8-10-17(11-9-16)25-20(26)19-12-13-24(4,22(25)28)23(19,2)3/h5-11,14,19H,12-13H2,1-4H3/t19-,24+/m1/s1. The van der Waals surface area contributed by atoms with Crippen molar-refractivity contribution >= 4 is 23.5 Å². The third kappa shape index (κ3) is 2.87. The Balaban J connectivity index is 1.57. The van der Waals surface area contributed by atoms with E-state index >= 15 is 0 Å². The molecule has 29 heavy (non-hydrogen) atoms. The van der Waals surface area contributed by atoms with Gasteiger partial charge in [-0.1, -0.05) is 32.9 Å². The molecule has 0 unspecified atom stereocenters. The van der Waals surface area contributed by atoms with Crippen molar-refractivity contribution in [2.75, 3.05) is 4.90 Å². The van der Waals surface area contributed by atoms with Crippen LogP contribution in [0, 0.1) is 23.7 Å². The summed E-state index contributed by atoms with van der Waals surface area (Å²) < 4.78 is 5.41. The van der Waals surface area contributed by atoms with Crippen molar-refractivity contribution in [1.29, 1.82) is 0 Å². The highest BCUT2D eigenvalue weighted by molar-refractivity contribution is 6.20. The van der Waals surface area contributed by atoms with Gasteiger partial charge in [-0.05, 0) is 67.1 Å². The lowest BCUT2D eigenvalue weighted by molar-refractivity contribution is -0.146. The molecule has 1 aliphatic heterocycles. The average molecular weight is 391 g/mol. The highest BCUT2D eigenvalue weighted by Crippen LogP contribution is 2.60. The molecule has 2 aromatic carbocycles. The van der Waals surface area contributed by atoms with Crippen molar-refractivity contribution in [2.24, 2.45) is 16.7 Å². The lowest BCUT2D eigenvalue weighted by Crippen LogP contribution is -2.59. The van der Waals surface area contributed by atoms with E-state index < -0.39 is 11.4 Å². The van der Waals surface area contributed by atoms with Crippen LogP contribution < -0.4 is 9.64 Å². The summed E-state index contributed by atoms with van der Waals surface area (Å²) in [6, 6.07) is 13.7. The molecule has 0 spiro atoms. The van der Waals surface area contributed by atoms with Crippen molar-refractivity contribution in [2.45, 2.75) is 40.5 Å². The third-order valence-corrected chi connectivity index (χ3v) is 6.98. The number of piperidine rings is 1. The zero-order chi connectivity index (χ0) is 21.0. The largest absolute Gasteiger partial charge is 0.423 e. The van der Waals surface area contributed by atoms with Gasteiger partial charge in [-0.2, -0.15) is 0 Å². The number of ether oxygens (including phenoxy) is 1. The molecule has 4 rings (SSSR count). The quantitative estimate of drug-likeness (QED) is 0.438. The second kappa shape index (κ2) is 6.55. The number of nitrogens with zero attached hydrogens (tertiary/aromatic N) is 1. The molecule has 150 valence electrons. The molecular weight excluding hydrogens is 366 g/mol. The molecule has 1 aliphatic carbocycles. The molecule has 2 aliphatic rings. The Morgan fingerprint density at radius 1 is 1.07 bits per heavy atom. The highest BCUT2D eigenvalue weighted by Gasteiger charge is 2.64. The van der Waals surface area contributed by atoms with E-state index in [-0.39, 0.29) is 23.1 Å². The lowest BCUT2D eigenvalue weighted by Gasteiger charge is -2.47. The maximum absolute atomic E-state index is 13.2. The zero-order valence-corrected chi connectivity index (χ0v) is 17.2. The van der Waals surface area contributed by atoms with Crippen LogP contribution in [0.2, 0.25) is 0 Å². The number of benzene rings is 2. The second-order valence-corrected chi connectivity index (χ2v) is 8.88. The van der Waals surface area contributed by atoms with Gasteiger partial charge in [0.2, 0.25) is 11.8 Å². The van der Waals surface area contributed by atoms with E-state index in [2.05, 4.69) is 0 Å². The first-order valence-corrected chi connectivity index (χ1v) is 9.92. The summed E-state index contributed by atoms with van der Waals surface area (Å²) in [5.74, 6) is -0.476. The number of fused-ring (bicyclic) bond motifs is 2. The van der Waals surface area contributed by atoms with Crippen molar-refractivity contribution in [3.63, 3.8) is 0 Å². The van der Waals surface area contributed by atoms with Gasteiger partial charge in [-0.25, -0.2) is 9.69 Å². The maximum atomic E-state index is 13.2. The molecule has 0 radical (unpaired) electrons.